The van der Waals surface area contributed by atoms with Crippen LogP contribution >= 0.6 is 0 Å². The molecule has 2 N–H and O–H groups in total. The smallest absolute Gasteiger partial charge is 0.239 e. The molecule has 1 aromatic carbocycles. The van der Waals surface area contributed by atoms with Crippen LogP contribution < -0.4 is 10.6 Å². The lowest BCUT2D eigenvalue weighted by molar-refractivity contribution is -0.123. The Morgan fingerprint density at radius 3 is 2.12 bits per heavy atom. The number of hydrogen-bond acceptors (Lipinski definition) is 5. The lowest BCUT2D eigenvalue weighted by atomic mass is 9.92. The molecule has 2 heterocycles. The van der Waals surface area contributed by atoms with Gasteiger partial charge in [-0.1, -0.05) is 39.0 Å². The fourth-order valence-corrected chi connectivity index (χ4v) is 3.80. The van der Waals surface area contributed by atoms with E-state index in [2.05, 4.69) is 41.2 Å². The highest BCUT2D eigenvalue weighted by Crippen LogP contribution is 2.26. The number of rotatable bonds is 7. The molecule has 4 rings (SSSR count). The lowest BCUT2D eigenvalue weighted by Gasteiger charge is -2.33. The molecule has 0 atom stereocenters. The highest BCUT2D eigenvalue weighted by molar-refractivity contribution is 5.91. The summed E-state index contributed by atoms with van der Waals surface area (Å²) in [4.78, 5) is 29.1. The second-order valence-corrected chi connectivity index (χ2v) is 9.85. The van der Waals surface area contributed by atoms with Crippen LogP contribution in [0.3, 0.4) is 0 Å². The second kappa shape index (κ2) is 9.42. The van der Waals surface area contributed by atoms with E-state index in [1.165, 1.54) is 0 Å². The van der Waals surface area contributed by atoms with Crippen molar-refractivity contribution >= 4 is 17.6 Å². The number of aromatic nitrogens is 2. The molecule has 172 valence electrons. The Morgan fingerprint density at radius 1 is 0.969 bits per heavy atom. The molecule has 0 bridgehead atoms. The van der Waals surface area contributed by atoms with Crippen molar-refractivity contribution in [3.05, 3.63) is 42.1 Å². The number of piperazine rings is 1. The first kappa shape index (κ1) is 22.5. The van der Waals surface area contributed by atoms with E-state index in [1.54, 1.807) is 4.68 Å². The maximum Gasteiger partial charge on any atom is 0.239 e. The number of amides is 2. The summed E-state index contributed by atoms with van der Waals surface area (Å²) in [6.45, 7) is 10.2. The molecule has 2 amide bonds. The average molecular weight is 439 g/mol. The van der Waals surface area contributed by atoms with E-state index in [-0.39, 0.29) is 17.2 Å². The van der Waals surface area contributed by atoms with Gasteiger partial charge in [0.15, 0.2) is 0 Å². The van der Waals surface area contributed by atoms with Crippen molar-refractivity contribution in [1.82, 2.24) is 24.9 Å². The van der Waals surface area contributed by atoms with Crippen LogP contribution in [0.4, 0.5) is 5.82 Å². The van der Waals surface area contributed by atoms with Crippen LogP contribution in [0.1, 0.15) is 39.3 Å². The zero-order valence-corrected chi connectivity index (χ0v) is 19.3. The lowest BCUT2D eigenvalue weighted by Crippen LogP contribution is -2.51. The van der Waals surface area contributed by atoms with Crippen molar-refractivity contribution in [1.29, 1.82) is 0 Å². The van der Waals surface area contributed by atoms with Crippen molar-refractivity contribution in [2.45, 2.75) is 45.1 Å². The summed E-state index contributed by atoms with van der Waals surface area (Å²) < 4.78 is 1.80. The molecule has 2 fully saturated rings. The van der Waals surface area contributed by atoms with E-state index in [9.17, 15) is 9.59 Å². The molecule has 1 aliphatic carbocycles. The van der Waals surface area contributed by atoms with Crippen LogP contribution in [0.15, 0.2) is 36.4 Å². The second-order valence-electron chi connectivity index (χ2n) is 9.85. The molecule has 1 aliphatic heterocycles. The zero-order valence-electron chi connectivity index (χ0n) is 19.3. The summed E-state index contributed by atoms with van der Waals surface area (Å²) in [5.74, 6) is 0.742. The van der Waals surface area contributed by atoms with Gasteiger partial charge in [-0.3, -0.25) is 19.4 Å². The third kappa shape index (κ3) is 5.95. The Labute approximate surface area is 190 Å². The van der Waals surface area contributed by atoms with E-state index >= 15 is 0 Å². The Bertz CT molecular complexity index is 937. The van der Waals surface area contributed by atoms with Gasteiger partial charge in [0.25, 0.3) is 0 Å². The third-order valence-electron chi connectivity index (χ3n) is 5.89. The van der Waals surface area contributed by atoms with Crippen LogP contribution in [0, 0.1) is 0 Å². The molecule has 8 nitrogen and oxygen atoms in total. The Hall–Kier alpha value is -2.71. The monoisotopic (exact) mass is 438 g/mol. The summed E-state index contributed by atoms with van der Waals surface area (Å²) in [6, 6.07) is 12.2. The van der Waals surface area contributed by atoms with Crippen LogP contribution in [0.5, 0.6) is 0 Å². The van der Waals surface area contributed by atoms with Gasteiger partial charge in [0.1, 0.15) is 5.82 Å². The van der Waals surface area contributed by atoms with Gasteiger partial charge >= 0.3 is 0 Å². The molecule has 0 unspecified atom stereocenters. The first-order chi connectivity index (χ1) is 15.3. The molecular weight excluding hydrogens is 404 g/mol. The summed E-state index contributed by atoms with van der Waals surface area (Å²) in [5, 5.41) is 10.9. The first-order valence-corrected chi connectivity index (χ1v) is 11.5. The summed E-state index contributed by atoms with van der Waals surface area (Å²) in [7, 11) is 0. The molecular formula is C24H34N6O2. The van der Waals surface area contributed by atoms with E-state index in [0.29, 0.717) is 24.9 Å². The number of anilines is 1. The van der Waals surface area contributed by atoms with Gasteiger partial charge in [0, 0.05) is 43.7 Å². The topological polar surface area (TPSA) is 82.5 Å². The average Bonchev–Trinajstić information content (AvgIpc) is 3.45. The number of carbonyl (C=O) groups is 2. The predicted octanol–water partition coefficient (Wildman–Crippen LogP) is 2.00. The van der Waals surface area contributed by atoms with Gasteiger partial charge in [-0.05, 0) is 25.0 Å². The number of hydrogen-bond donors (Lipinski definition) is 2. The largest absolute Gasteiger partial charge is 0.352 e. The Morgan fingerprint density at radius 2 is 1.56 bits per heavy atom. The van der Waals surface area contributed by atoms with E-state index in [1.807, 2.05) is 36.4 Å². The Balaban J connectivity index is 1.33. The van der Waals surface area contributed by atoms with Gasteiger partial charge in [0.2, 0.25) is 11.8 Å². The van der Waals surface area contributed by atoms with Crippen LogP contribution in [-0.2, 0) is 15.0 Å². The van der Waals surface area contributed by atoms with E-state index in [4.69, 9.17) is 5.10 Å². The number of carbonyl (C=O) groups excluding carboxylic acids is 2. The summed E-state index contributed by atoms with van der Waals surface area (Å²) in [6.07, 6.45) is 2.21. The van der Waals surface area contributed by atoms with Gasteiger partial charge in [0.05, 0.1) is 24.5 Å². The minimum Gasteiger partial charge on any atom is -0.352 e. The van der Waals surface area contributed by atoms with Crippen molar-refractivity contribution in [2.75, 3.05) is 44.6 Å². The number of para-hydroxylation sites is 1. The summed E-state index contributed by atoms with van der Waals surface area (Å²) in [5.41, 5.74) is 1.72. The van der Waals surface area contributed by atoms with E-state index < -0.39 is 0 Å². The zero-order chi connectivity index (χ0) is 22.7. The molecule has 0 spiro atoms. The van der Waals surface area contributed by atoms with Crippen LogP contribution in [-0.4, -0.2) is 76.7 Å². The summed E-state index contributed by atoms with van der Waals surface area (Å²) >= 11 is 0. The maximum absolute atomic E-state index is 12.8. The quantitative estimate of drug-likeness (QED) is 0.691. The van der Waals surface area contributed by atoms with Crippen molar-refractivity contribution in [2.24, 2.45) is 0 Å². The molecule has 32 heavy (non-hydrogen) atoms. The molecule has 1 aromatic heterocycles. The maximum atomic E-state index is 12.8. The SMILES string of the molecule is CC(C)(C)c1cc(NC(=O)CN2CCN(CC(=O)NC3CC3)CC2)n(-c2ccccc2)n1. The molecule has 2 aliphatic rings. The third-order valence-corrected chi connectivity index (χ3v) is 5.89. The van der Waals surface area contributed by atoms with Crippen molar-refractivity contribution in [3.63, 3.8) is 0 Å². The molecule has 2 aromatic rings. The van der Waals surface area contributed by atoms with Gasteiger partial charge in [-0.15, -0.1) is 0 Å². The fourth-order valence-electron chi connectivity index (χ4n) is 3.80. The number of benzene rings is 1. The number of nitrogens with one attached hydrogen (secondary N) is 2. The standard InChI is InChI=1S/C24H34N6O2/c1-24(2,3)20-15-21(30(27-20)19-7-5-4-6-8-19)26-23(32)17-29-13-11-28(12-14-29)16-22(31)25-18-9-10-18/h4-8,15,18H,9-14,16-17H2,1-3H3,(H,25,31)(H,26,32). The van der Waals surface area contributed by atoms with Crippen molar-refractivity contribution in [3.8, 4) is 5.69 Å². The normalized spacial score (nSPS) is 17.8. The first-order valence-electron chi connectivity index (χ1n) is 11.5. The molecule has 1 saturated carbocycles. The van der Waals surface area contributed by atoms with Crippen molar-refractivity contribution < 1.29 is 9.59 Å². The minimum absolute atomic E-state index is 0.0533. The van der Waals surface area contributed by atoms with Gasteiger partial charge in [-0.25, -0.2) is 4.68 Å². The van der Waals surface area contributed by atoms with Crippen LogP contribution in [0.2, 0.25) is 0 Å². The minimum atomic E-state index is -0.123. The Kier molecular flexibility index (Phi) is 6.62. The highest BCUT2D eigenvalue weighted by atomic mass is 16.2. The highest BCUT2D eigenvalue weighted by Gasteiger charge is 2.26. The number of nitrogens with zero attached hydrogens (tertiary/aromatic N) is 4. The van der Waals surface area contributed by atoms with Gasteiger partial charge < -0.3 is 10.6 Å². The fraction of sp³-hybridized carbons (Fsp3) is 0.542. The van der Waals surface area contributed by atoms with Crippen LogP contribution in [0.25, 0.3) is 5.69 Å². The van der Waals surface area contributed by atoms with Gasteiger partial charge in [-0.2, -0.15) is 5.10 Å². The predicted molar refractivity (Wildman–Crippen MR) is 125 cm³/mol. The molecule has 0 radical (unpaired) electrons. The molecule has 1 saturated heterocycles. The van der Waals surface area contributed by atoms with E-state index in [0.717, 1.165) is 50.4 Å². The molecule has 8 heteroatoms.